The molecule has 9 heteroatoms. The van der Waals surface area contributed by atoms with Crippen molar-refractivity contribution < 1.29 is 23.5 Å². The van der Waals surface area contributed by atoms with E-state index in [9.17, 15) is 9.59 Å². The monoisotopic (exact) mass is 578 g/mol. The largest absolute Gasteiger partial charge is 0.443 e. The van der Waals surface area contributed by atoms with E-state index in [0.29, 0.717) is 6.42 Å². The minimum Gasteiger partial charge on any atom is -0.443 e. The van der Waals surface area contributed by atoms with Gasteiger partial charge in [0.2, 0.25) is 0 Å². The molecule has 0 aromatic heterocycles. The van der Waals surface area contributed by atoms with Crippen molar-refractivity contribution in [2.24, 2.45) is 0 Å². The molecule has 0 aliphatic heterocycles. The van der Waals surface area contributed by atoms with E-state index in [0.717, 1.165) is 22.9 Å². The maximum absolute atomic E-state index is 13.2. The lowest BCUT2D eigenvalue weighted by Crippen LogP contribution is -2.55. The highest BCUT2D eigenvalue weighted by Gasteiger charge is 2.39. The summed E-state index contributed by atoms with van der Waals surface area (Å²) in [6.07, 6.45) is 0.00850. The van der Waals surface area contributed by atoms with Crippen molar-refractivity contribution in [1.82, 2.24) is 10.4 Å². The molecule has 2 rings (SSSR count). The van der Waals surface area contributed by atoms with Crippen LogP contribution in [0.5, 0.6) is 0 Å². The first-order valence-electron chi connectivity index (χ1n) is 12.2. The van der Waals surface area contributed by atoms with Gasteiger partial charge in [0.25, 0.3) is 0 Å². The predicted molar refractivity (Wildman–Crippen MR) is 148 cm³/mol. The number of rotatable bonds is 11. The molecule has 0 heterocycles. The van der Waals surface area contributed by atoms with Crippen molar-refractivity contribution in [2.45, 2.75) is 71.0 Å². The number of benzene rings is 2. The Kier molecular flexibility index (Phi) is 11.9. The van der Waals surface area contributed by atoms with Crippen LogP contribution in [0.4, 0.5) is 9.59 Å². The van der Waals surface area contributed by atoms with Gasteiger partial charge in [-0.25, -0.2) is 20.0 Å². The second-order valence-electron chi connectivity index (χ2n) is 10.1. The minimum absolute atomic E-state index is 0.00760. The standard InChI is InChI=1S/C27H39BrN2O5Si/c1-27(2,3)36(4,5)35-21-24(17-12-18-28)30(26(32)34-20-23-15-10-7-11-16-23)29-25(31)33-19-22-13-8-6-9-14-22/h6-11,13-16,24H,12,17-21H2,1-5H3,(H,29,31)/t24-/m1/s1. The van der Waals surface area contributed by atoms with Crippen LogP contribution in [0.1, 0.15) is 44.7 Å². The van der Waals surface area contributed by atoms with E-state index in [2.05, 4.69) is 55.2 Å². The van der Waals surface area contributed by atoms with Crippen LogP contribution < -0.4 is 5.43 Å². The molecule has 2 aromatic rings. The second kappa shape index (κ2) is 14.4. The molecule has 2 amide bonds. The van der Waals surface area contributed by atoms with Crippen molar-refractivity contribution in [1.29, 1.82) is 0 Å². The van der Waals surface area contributed by atoms with Gasteiger partial charge in [0, 0.05) is 5.33 Å². The zero-order valence-corrected chi connectivity index (χ0v) is 24.5. The van der Waals surface area contributed by atoms with Gasteiger partial charge in [-0.15, -0.1) is 0 Å². The molecule has 36 heavy (non-hydrogen) atoms. The lowest BCUT2D eigenvalue weighted by molar-refractivity contribution is 0.0314. The SMILES string of the molecule is CC(C)(C)[Si](C)(C)OC[C@@H](CCCBr)N(NC(=O)OCc1ccccc1)C(=O)OCc1ccccc1. The zero-order chi connectivity index (χ0) is 26.6. The normalized spacial score (nSPS) is 12.5. The van der Waals surface area contributed by atoms with Crippen molar-refractivity contribution in [3.8, 4) is 0 Å². The van der Waals surface area contributed by atoms with Crippen LogP contribution in [0, 0.1) is 0 Å². The first-order chi connectivity index (χ1) is 17.0. The highest BCUT2D eigenvalue weighted by Crippen LogP contribution is 2.36. The number of carbonyl (C=O) groups excluding carboxylic acids is 2. The average Bonchev–Trinajstić information content (AvgIpc) is 2.85. The molecule has 0 saturated heterocycles. The van der Waals surface area contributed by atoms with E-state index >= 15 is 0 Å². The Morgan fingerprint density at radius 3 is 1.97 bits per heavy atom. The number of hydrogen-bond acceptors (Lipinski definition) is 5. The molecule has 2 aromatic carbocycles. The van der Waals surface area contributed by atoms with Crippen molar-refractivity contribution in [3.63, 3.8) is 0 Å². The van der Waals surface area contributed by atoms with E-state index in [4.69, 9.17) is 13.9 Å². The first-order valence-corrected chi connectivity index (χ1v) is 16.2. The number of ether oxygens (including phenoxy) is 2. The summed E-state index contributed by atoms with van der Waals surface area (Å²) >= 11 is 3.47. The molecule has 0 bridgehead atoms. The Morgan fingerprint density at radius 1 is 0.944 bits per heavy atom. The summed E-state index contributed by atoms with van der Waals surface area (Å²) < 4.78 is 17.4. The Labute approximate surface area is 224 Å². The number of amides is 2. The van der Waals surface area contributed by atoms with Gasteiger partial charge in [-0.05, 0) is 42.1 Å². The molecule has 0 unspecified atom stereocenters. The molecule has 1 N–H and O–H groups in total. The third-order valence-electron chi connectivity index (χ3n) is 6.31. The highest BCUT2D eigenvalue weighted by molar-refractivity contribution is 9.09. The van der Waals surface area contributed by atoms with Gasteiger partial charge >= 0.3 is 12.2 Å². The number of nitrogens with one attached hydrogen (secondary N) is 1. The summed E-state index contributed by atoms with van der Waals surface area (Å²) in [4.78, 5) is 25.9. The van der Waals surface area contributed by atoms with Crippen LogP contribution in [-0.4, -0.2) is 43.5 Å². The van der Waals surface area contributed by atoms with Crippen LogP contribution >= 0.6 is 15.9 Å². The van der Waals surface area contributed by atoms with E-state index in [1.165, 1.54) is 5.01 Å². The number of halogens is 1. The lowest BCUT2D eigenvalue weighted by Gasteiger charge is -2.39. The average molecular weight is 580 g/mol. The molecule has 0 aliphatic rings. The van der Waals surface area contributed by atoms with Gasteiger partial charge in [0.15, 0.2) is 8.32 Å². The maximum atomic E-state index is 13.2. The van der Waals surface area contributed by atoms with Gasteiger partial charge < -0.3 is 13.9 Å². The smallest absolute Gasteiger partial charge is 0.429 e. The molecular weight excluding hydrogens is 540 g/mol. The summed E-state index contributed by atoms with van der Waals surface area (Å²) in [5.41, 5.74) is 4.33. The fourth-order valence-electron chi connectivity index (χ4n) is 3.05. The summed E-state index contributed by atoms with van der Waals surface area (Å²) in [6.45, 7) is 11.3. The molecular formula is C27H39BrN2O5Si. The third kappa shape index (κ3) is 9.95. The quantitative estimate of drug-likeness (QED) is 0.176. The van der Waals surface area contributed by atoms with Gasteiger partial charge in [-0.3, -0.25) is 0 Å². The Hall–Kier alpha value is -2.36. The van der Waals surface area contributed by atoms with E-state index in [1.807, 2.05) is 60.7 Å². The van der Waals surface area contributed by atoms with E-state index < -0.39 is 26.5 Å². The summed E-state index contributed by atoms with van der Waals surface area (Å²) in [5.74, 6) is 0. The first kappa shape index (κ1) is 29.9. The molecule has 0 radical (unpaired) electrons. The highest BCUT2D eigenvalue weighted by atomic mass is 79.9. The van der Waals surface area contributed by atoms with Crippen molar-refractivity contribution >= 4 is 36.4 Å². The molecule has 198 valence electrons. The Balaban J connectivity index is 2.17. The van der Waals surface area contributed by atoms with Crippen LogP contribution in [-0.2, 0) is 27.1 Å². The fourth-order valence-corrected chi connectivity index (χ4v) is 4.42. The van der Waals surface area contributed by atoms with Gasteiger partial charge in [0.1, 0.15) is 13.2 Å². The van der Waals surface area contributed by atoms with Crippen LogP contribution in [0.25, 0.3) is 0 Å². The lowest BCUT2D eigenvalue weighted by atomic mass is 10.2. The third-order valence-corrected chi connectivity index (χ3v) is 11.4. The summed E-state index contributed by atoms with van der Waals surface area (Å²) in [7, 11) is -2.09. The predicted octanol–water partition coefficient (Wildman–Crippen LogP) is 7.03. The van der Waals surface area contributed by atoms with Crippen molar-refractivity contribution in [2.75, 3.05) is 11.9 Å². The molecule has 1 atom stereocenters. The second-order valence-corrected chi connectivity index (χ2v) is 15.7. The van der Waals surface area contributed by atoms with E-state index in [1.54, 1.807) is 0 Å². The maximum Gasteiger partial charge on any atom is 0.429 e. The number of hydrogen-bond donors (Lipinski definition) is 1. The Bertz CT molecular complexity index is 938. The van der Waals surface area contributed by atoms with Gasteiger partial charge in [0.05, 0.1) is 12.6 Å². The van der Waals surface area contributed by atoms with Crippen molar-refractivity contribution in [3.05, 3.63) is 71.8 Å². The zero-order valence-electron chi connectivity index (χ0n) is 22.0. The molecule has 7 nitrogen and oxygen atoms in total. The molecule has 0 aliphatic carbocycles. The summed E-state index contributed by atoms with van der Waals surface area (Å²) in [6, 6.07) is 18.4. The minimum atomic E-state index is -2.09. The van der Waals surface area contributed by atoms with E-state index in [-0.39, 0.29) is 24.9 Å². The van der Waals surface area contributed by atoms with Gasteiger partial charge in [-0.1, -0.05) is 97.4 Å². The molecule has 0 fully saturated rings. The number of hydrazine groups is 1. The number of carbonyl (C=O) groups is 2. The number of nitrogens with zero attached hydrogens (tertiary/aromatic N) is 1. The Morgan fingerprint density at radius 2 is 1.47 bits per heavy atom. The summed E-state index contributed by atoms with van der Waals surface area (Å²) in [5, 5.41) is 1.99. The van der Waals surface area contributed by atoms with Gasteiger partial charge in [-0.2, -0.15) is 0 Å². The topological polar surface area (TPSA) is 77.1 Å². The molecule has 0 spiro atoms. The molecule has 0 saturated carbocycles. The fraction of sp³-hybridized carbons (Fsp3) is 0.481. The number of alkyl halides is 1. The van der Waals surface area contributed by atoms with Crippen LogP contribution in [0.15, 0.2) is 60.7 Å². The van der Waals surface area contributed by atoms with Crippen LogP contribution in [0.2, 0.25) is 18.1 Å². The van der Waals surface area contributed by atoms with Crippen LogP contribution in [0.3, 0.4) is 0 Å².